The van der Waals surface area contributed by atoms with Crippen LogP contribution < -0.4 is 5.32 Å². The van der Waals surface area contributed by atoms with Crippen LogP contribution in [0.4, 0.5) is 10.5 Å². The summed E-state index contributed by atoms with van der Waals surface area (Å²) in [5, 5.41) is 13.9. The summed E-state index contributed by atoms with van der Waals surface area (Å²) in [4.78, 5) is 18.3. The Hall–Kier alpha value is -4.07. The van der Waals surface area contributed by atoms with E-state index in [-0.39, 0.29) is 18.2 Å². The van der Waals surface area contributed by atoms with Gasteiger partial charge in [-0.2, -0.15) is 0 Å². The third kappa shape index (κ3) is 5.23. The van der Waals surface area contributed by atoms with E-state index < -0.39 is 5.60 Å². The Balaban J connectivity index is 1.38. The van der Waals surface area contributed by atoms with Gasteiger partial charge in [-0.3, -0.25) is 0 Å². The van der Waals surface area contributed by atoms with E-state index in [2.05, 4.69) is 83.0 Å². The molecule has 1 amide bonds. The van der Waals surface area contributed by atoms with E-state index in [1.54, 1.807) is 0 Å². The molecule has 8 heteroatoms. The zero-order valence-electron chi connectivity index (χ0n) is 24.9. The summed E-state index contributed by atoms with van der Waals surface area (Å²) in [6, 6.07) is 15.4. The summed E-state index contributed by atoms with van der Waals surface area (Å²) in [6.45, 7) is 13.5. The molecule has 4 aromatic rings. The van der Waals surface area contributed by atoms with E-state index in [4.69, 9.17) is 4.74 Å². The summed E-state index contributed by atoms with van der Waals surface area (Å²) in [5.41, 5.74) is 8.62. The van der Waals surface area contributed by atoms with Gasteiger partial charge < -0.3 is 19.9 Å². The van der Waals surface area contributed by atoms with Crippen molar-refractivity contribution >= 4 is 28.3 Å². The minimum absolute atomic E-state index is 0.0663. The van der Waals surface area contributed by atoms with E-state index in [0.29, 0.717) is 12.5 Å². The first kappa shape index (κ1) is 27.1. The van der Waals surface area contributed by atoms with Crippen LogP contribution in [0.15, 0.2) is 54.7 Å². The molecular formula is C33H40N6O2. The number of rotatable bonds is 4. The van der Waals surface area contributed by atoms with E-state index in [1.165, 1.54) is 27.6 Å². The van der Waals surface area contributed by atoms with Gasteiger partial charge >= 0.3 is 6.09 Å². The number of aromatic nitrogens is 4. The number of hydrogen-bond donors (Lipinski definition) is 2. The molecule has 0 saturated heterocycles. The molecule has 214 valence electrons. The zero-order chi connectivity index (χ0) is 28.9. The summed E-state index contributed by atoms with van der Waals surface area (Å²) in [5.74, 6) is 0.298. The lowest BCUT2D eigenvalue weighted by molar-refractivity contribution is 0.0136. The molecule has 4 heterocycles. The van der Waals surface area contributed by atoms with Crippen molar-refractivity contribution in [3.63, 3.8) is 0 Å². The lowest BCUT2D eigenvalue weighted by Gasteiger charge is -2.38. The number of nitrogens with zero attached hydrogens (tertiary/aromatic N) is 4. The number of carbonyl (C=O) groups excluding carboxylic acids is 1. The van der Waals surface area contributed by atoms with Crippen LogP contribution in [0.2, 0.25) is 0 Å². The minimum atomic E-state index is -0.522. The van der Waals surface area contributed by atoms with Gasteiger partial charge in [0.25, 0.3) is 0 Å². The van der Waals surface area contributed by atoms with Gasteiger partial charge in [-0.05, 0) is 87.4 Å². The topological polar surface area (TPSA) is 88.1 Å². The quantitative estimate of drug-likeness (QED) is 0.277. The van der Waals surface area contributed by atoms with Crippen LogP contribution in [0.25, 0.3) is 27.7 Å². The highest BCUT2D eigenvalue weighted by molar-refractivity contribution is 5.92. The molecule has 0 radical (unpaired) electrons. The molecule has 41 heavy (non-hydrogen) atoms. The molecule has 0 saturated carbocycles. The fourth-order valence-electron chi connectivity index (χ4n) is 6.24. The van der Waals surface area contributed by atoms with Crippen molar-refractivity contribution < 1.29 is 9.53 Å². The number of amides is 1. The first-order valence-electron chi connectivity index (χ1n) is 14.6. The molecule has 2 aromatic heterocycles. The van der Waals surface area contributed by atoms with Gasteiger partial charge in [-0.25, -0.2) is 9.48 Å². The minimum Gasteiger partial charge on any atom is -0.444 e. The molecular weight excluding hydrogens is 512 g/mol. The van der Waals surface area contributed by atoms with E-state index in [1.807, 2.05) is 43.5 Å². The van der Waals surface area contributed by atoms with Gasteiger partial charge in [0.1, 0.15) is 5.60 Å². The number of anilines is 1. The molecule has 1 unspecified atom stereocenters. The second kappa shape index (κ2) is 10.4. The maximum atomic E-state index is 13.1. The molecule has 0 fully saturated rings. The van der Waals surface area contributed by atoms with Crippen molar-refractivity contribution in [2.75, 3.05) is 11.9 Å². The highest BCUT2D eigenvalue weighted by atomic mass is 16.6. The maximum absolute atomic E-state index is 13.1. The van der Waals surface area contributed by atoms with Crippen LogP contribution in [0.3, 0.4) is 0 Å². The second-order valence-corrected chi connectivity index (χ2v) is 12.7. The number of aromatic amines is 1. The van der Waals surface area contributed by atoms with Crippen molar-refractivity contribution in [1.29, 1.82) is 0 Å². The molecule has 2 aromatic carbocycles. The van der Waals surface area contributed by atoms with Crippen LogP contribution in [0.5, 0.6) is 0 Å². The fourth-order valence-corrected chi connectivity index (χ4v) is 6.24. The standard InChI is InChI=1S/C33H40N6O2/c1-20(2)30-19-23(13-16-38(30)32(40)41-33(4,5)6)22-10-11-24-26(18-22)29(14-17-39-31(24)21(3)36-37-39)35-28-9-7-8-27-25(28)12-15-34-27/h7-13,15,18,20,29-30,34-35H,14,16-17,19H2,1-6H3/t29?,30-/m1/s1. The normalized spacial score (nSPS) is 19.0. The number of fused-ring (bicyclic) bond motifs is 4. The summed E-state index contributed by atoms with van der Waals surface area (Å²) in [6.07, 6.45) is 5.61. The number of benzene rings is 2. The molecule has 0 aliphatic carbocycles. The van der Waals surface area contributed by atoms with Gasteiger partial charge in [0, 0.05) is 47.5 Å². The number of ether oxygens (including phenoxy) is 1. The largest absolute Gasteiger partial charge is 0.444 e. The maximum Gasteiger partial charge on any atom is 0.410 e. The monoisotopic (exact) mass is 552 g/mol. The number of carbonyl (C=O) groups is 1. The third-order valence-electron chi connectivity index (χ3n) is 8.27. The Kier molecular flexibility index (Phi) is 6.88. The highest BCUT2D eigenvalue weighted by Gasteiger charge is 2.34. The number of aryl methyl sites for hydroxylation is 2. The average molecular weight is 553 g/mol. The van der Waals surface area contributed by atoms with E-state index in [0.717, 1.165) is 42.0 Å². The van der Waals surface area contributed by atoms with Crippen molar-refractivity contribution in [1.82, 2.24) is 24.9 Å². The first-order valence-corrected chi connectivity index (χ1v) is 14.6. The van der Waals surface area contributed by atoms with E-state index >= 15 is 0 Å². The predicted molar refractivity (Wildman–Crippen MR) is 164 cm³/mol. The first-order chi connectivity index (χ1) is 19.6. The molecule has 0 bridgehead atoms. The van der Waals surface area contributed by atoms with Crippen LogP contribution in [-0.4, -0.2) is 49.2 Å². The van der Waals surface area contributed by atoms with Crippen LogP contribution in [0, 0.1) is 12.8 Å². The smallest absolute Gasteiger partial charge is 0.410 e. The summed E-state index contributed by atoms with van der Waals surface area (Å²) >= 11 is 0. The van der Waals surface area contributed by atoms with Gasteiger partial charge in [0.2, 0.25) is 0 Å². The average Bonchev–Trinajstić information content (AvgIpc) is 3.52. The van der Waals surface area contributed by atoms with Gasteiger partial charge in [0.05, 0.1) is 17.4 Å². The van der Waals surface area contributed by atoms with Crippen LogP contribution in [0.1, 0.15) is 70.3 Å². The molecule has 8 nitrogen and oxygen atoms in total. The molecule has 0 spiro atoms. The van der Waals surface area contributed by atoms with Crippen molar-refractivity contribution in [3.8, 4) is 11.3 Å². The van der Waals surface area contributed by atoms with Crippen molar-refractivity contribution in [3.05, 3.63) is 71.6 Å². The lowest BCUT2D eigenvalue weighted by Crippen LogP contribution is -2.47. The SMILES string of the molecule is Cc1nnn2c1-c1ccc(C3=CCN(C(=O)OC(C)(C)C)[C@@H](C(C)C)C3)cc1C(Nc1cccc3[nH]ccc13)CC2. The van der Waals surface area contributed by atoms with Gasteiger partial charge in [0.15, 0.2) is 0 Å². The summed E-state index contributed by atoms with van der Waals surface area (Å²) in [7, 11) is 0. The number of nitrogens with one attached hydrogen (secondary N) is 2. The third-order valence-corrected chi connectivity index (χ3v) is 8.27. The molecule has 2 N–H and O–H groups in total. The Morgan fingerprint density at radius 1 is 1.17 bits per heavy atom. The predicted octanol–water partition coefficient (Wildman–Crippen LogP) is 7.34. The molecule has 2 atom stereocenters. The zero-order valence-corrected chi connectivity index (χ0v) is 24.9. The molecule has 2 aliphatic heterocycles. The number of hydrogen-bond acceptors (Lipinski definition) is 5. The van der Waals surface area contributed by atoms with Gasteiger partial charge in [-0.1, -0.05) is 43.3 Å². The Morgan fingerprint density at radius 3 is 2.78 bits per heavy atom. The Bertz CT molecular complexity index is 1620. The Labute approximate surface area is 241 Å². The van der Waals surface area contributed by atoms with Crippen LogP contribution >= 0.6 is 0 Å². The van der Waals surface area contributed by atoms with Crippen molar-refractivity contribution in [2.24, 2.45) is 5.92 Å². The van der Waals surface area contributed by atoms with Gasteiger partial charge in [-0.15, -0.1) is 5.10 Å². The van der Waals surface area contributed by atoms with Crippen LogP contribution in [-0.2, 0) is 11.3 Å². The molecule has 2 aliphatic rings. The van der Waals surface area contributed by atoms with E-state index in [9.17, 15) is 4.79 Å². The Morgan fingerprint density at radius 2 is 2.00 bits per heavy atom. The fraction of sp³-hybridized carbons (Fsp3) is 0.424. The summed E-state index contributed by atoms with van der Waals surface area (Å²) < 4.78 is 7.79. The number of H-pyrrole nitrogens is 1. The highest BCUT2D eigenvalue weighted by Crippen LogP contribution is 2.40. The second-order valence-electron chi connectivity index (χ2n) is 12.7. The lowest BCUT2D eigenvalue weighted by atomic mass is 9.86. The van der Waals surface area contributed by atoms with Crippen molar-refractivity contribution in [2.45, 2.75) is 78.6 Å². The molecule has 6 rings (SSSR count).